The number of ether oxygens (including phenoxy) is 1. The van der Waals surface area contributed by atoms with Crippen LogP contribution in [0.15, 0.2) is 109 Å². The van der Waals surface area contributed by atoms with Crippen LogP contribution in [0.25, 0.3) is 0 Å². The van der Waals surface area contributed by atoms with Crippen LogP contribution in [0.5, 0.6) is 5.75 Å². The lowest BCUT2D eigenvalue weighted by molar-refractivity contribution is -0.140. The minimum absolute atomic E-state index is 0.0515. The summed E-state index contributed by atoms with van der Waals surface area (Å²) in [5.74, 6) is -0.116. The van der Waals surface area contributed by atoms with Gasteiger partial charge in [-0.2, -0.15) is 0 Å². The summed E-state index contributed by atoms with van der Waals surface area (Å²) in [6.07, 6.45) is 6.45. The molecule has 1 atom stereocenters. The fourth-order valence-electron chi connectivity index (χ4n) is 6.17. The predicted octanol–water partition coefficient (Wildman–Crippen LogP) is 6.43. The third-order valence-electron chi connectivity index (χ3n) is 8.71. The number of aryl methyl sites for hydroxylation is 1. The van der Waals surface area contributed by atoms with Crippen LogP contribution in [0.2, 0.25) is 0 Å². The monoisotopic (exact) mass is 667 g/mol. The molecular weight excluding hydrogens is 623 g/mol. The molecule has 1 saturated carbocycles. The zero-order valence-corrected chi connectivity index (χ0v) is 28.6. The number of anilines is 1. The lowest BCUT2D eigenvalue weighted by Gasteiger charge is -2.35. The molecule has 1 fully saturated rings. The Morgan fingerprint density at radius 1 is 0.812 bits per heavy atom. The molecular formula is C39H45N3O5S. The van der Waals surface area contributed by atoms with Crippen molar-refractivity contribution >= 4 is 27.5 Å². The molecule has 0 bridgehead atoms. The third kappa shape index (κ3) is 9.94. The number of carbonyl (C=O) groups excluding carboxylic acids is 2. The van der Waals surface area contributed by atoms with Gasteiger partial charge in [0.1, 0.15) is 24.9 Å². The Kier molecular flexibility index (Phi) is 11.9. The number of nitrogens with one attached hydrogen (secondary N) is 1. The highest BCUT2D eigenvalue weighted by Gasteiger charge is 2.34. The van der Waals surface area contributed by atoms with Crippen LogP contribution in [0.1, 0.15) is 54.4 Å². The van der Waals surface area contributed by atoms with Crippen LogP contribution in [0.3, 0.4) is 0 Å². The standard InChI is InChI=1S/C39H45N3O5S/c1-30-13-12-18-33(25-30)27-41(37(26-31-14-6-3-7-15-31)39(44)40-34-19-10-5-11-20-34)38(43)28-42(48(2,45)46)35-21-23-36(24-22-35)47-29-32-16-8-4-9-17-32/h3-4,6-9,12-18,21-25,34,37H,5,10-11,19-20,26-29H2,1-2H3,(H,40,44). The molecule has 4 aromatic carbocycles. The van der Waals surface area contributed by atoms with Crippen molar-refractivity contribution in [2.45, 2.75) is 70.7 Å². The first-order valence-electron chi connectivity index (χ1n) is 16.6. The molecule has 5 rings (SSSR count). The van der Waals surface area contributed by atoms with Gasteiger partial charge < -0.3 is 15.0 Å². The number of benzene rings is 4. The number of carbonyl (C=O) groups is 2. The molecule has 0 aromatic heterocycles. The maximum absolute atomic E-state index is 14.4. The van der Waals surface area contributed by atoms with Crippen molar-refractivity contribution in [3.63, 3.8) is 0 Å². The van der Waals surface area contributed by atoms with E-state index in [2.05, 4.69) is 5.32 Å². The second-order valence-corrected chi connectivity index (χ2v) is 14.5. The van der Waals surface area contributed by atoms with Crippen molar-refractivity contribution in [3.8, 4) is 5.75 Å². The summed E-state index contributed by atoms with van der Waals surface area (Å²) in [6.45, 7) is 2.04. The summed E-state index contributed by atoms with van der Waals surface area (Å²) in [5, 5.41) is 3.24. The Morgan fingerprint density at radius 3 is 2.06 bits per heavy atom. The second kappa shape index (κ2) is 16.5. The van der Waals surface area contributed by atoms with Crippen molar-refractivity contribution in [3.05, 3.63) is 131 Å². The minimum atomic E-state index is -3.88. The van der Waals surface area contributed by atoms with E-state index in [0.29, 0.717) is 24.5 Å². The normalized spacial score (nSPS) is 14.1. The highest BCUT2D eigenvalue weighted by atomic mass is 32.2. The Bertz CT molecular complexity index is 1740. The molecule has 1 unspecified atom stereocenters. The Labute approximate surface area is 284 Å². The largest absolute Gasteiger partial charge is 0.489 e. The van der Waals surface area contributed by atoms with Crippen LogP contribution in [-0.2, 0) is 39.2 Å². The molecule has 0 spiro atoms. The van der Waals surface area contributed by atoms with Crippen LogP contribution >= 0.6 is 0 Å². The number of nitrogens with zero attached hydrogens (tertiary/aromatic N) is 2. The van der Waals surface area contributed by atoms with Gasteiger partial charge >= 0.3 is 0 Å². The van der Waals surface area contributed by atoms with Gasteiger partial charge in [-0.25, -0.2) is 8.42 Å². The molecule has 1 aliphatic rings. The van der Waals surface area contributed by atoms with E-state index in [1.165, 1.54) is 0 Å². The number of hydrogen-bond donors (Lipinski definition) is 1. The number of hydrogen-bond acceptors (Lipinski definition) is 5. The second-order valence-electron chi connectivity index (χ2n) is 12.6. The molecule has 48 heavy (non-hydrogen) atoms. The van der Waals surface area contributed by atoms with E-state index < -0.39 is 28.5 Å². The fourth-order valence-corrected chi connectivity index (χ4v) is 7.02. The first kappa shape index (κ1) is 34.7. The van der Waals surface area contributed by atoms with E-state index in [4.69, 9.17) is 4.74 Å². The number of rotatable bonds is 14. The van der Waals surface area contributed by atoms with Crippen molar-refractivity contribution in [1.82, 2.24) is 10.2 Å². The Hall–Kier alpha value is -4.63. The molecule has 1 N–H and O–H groups in total. The van der Waals surface area contributed by atoms with Gasteiger partial charge in [-0.3, -0.25) is 13.9 Å². The number of amides is 2. The average Bonchev–Trinajstić information content (AvgIpc) is 3.09. The first-order valence-corrected chi connectivity index (χ1v) is 18.4. The van der Waals surface area contributed by atoms with E-state index in [-0.39, 0.29) is 18.5 Å². The van der Waals surface area contributed by atoms with E-state index >= 15 is 0 Å². The molecule has 0 radical (unpaired) electrons. The molecule has 0 aliphatic heterocycles. The highest BCUT2D eigenvalue weighted by Crippen LogP contribution is 2.25. The van der Waals surface area contributed by atoms with Crippen LogP contribution in [0.4, 0.5) is 5.69 Å². The summed E-state index contributed by atoms with van der Waals surface area (Å²) >= 11 is 0. The van der Waals surface area contributed by atoms with Gasteiger partial charge in [0.15, 0.2) is 0 Å². The zero-order chi connectivity index (χ0) is 33.9. The summed E-state index contributed by atoms with van der Waals surface area (Å²) in [4.78, 5) is 30.1. The van der Waals surface area contributed by atoms with Crippen molar-refractivity contribution in [2.24, 2.45) is 0 Å². The topological polar surface area (TPSA) is 96.0 Å². The SMILES string of the molecule is Cc1cccc(CN(C(=O)CN(c2ccc(OCc3ccccc3)cc2)S(C)(=O)=O)C(Cc2ccccc2)C(=O)NC2CCCCC2)c1. The third-order valence-corrected chi connectivity index (χ3v) is 9.85. The van der Waals surface area contributed by atoms with Crippen molar-refractivity contribution in [2.75, 3.05) is 17.1 Å². The van der Waals surface area contributed by atoms with E-state index in [1.54, 1.807) is 29.2 Å². The molecule has 252 valence electrons. The summed E-state index contributed by atoms with van der Waals surface area (Å²) in [5.41, 5.74) is 4.14. The van der Waals surface area contributed by atoms with Crippen LogP contribution in [-0.4, -0.2) is 50.0 Å². The van der Waals surface area contributed by atoms with Gasteiger partial charge in [0, 0.05) is 19.0 Å². The Morgan fingerprint density at radius 2 is 1.44 bits per heavy atom. The van der Waals surface area contributed by atoms with Gasteiger partial charge in [0.25, 0.3) is 0 Å². The zero-order valence-electron chi connectivity index (χ0n) is 27.8. The molecule has 8 nitrogen and oxygen atoms in total. The van der Waals surface area contributed by atoms with E-state index in [9.17, 15) is 18.0 Å². The predicted molar refractivity (Wildman–Crippen MR) is 190 cm³/mol. The van der Waals surface area contributed by atoms with Crippen molar-refractivity contribution < 1.29 is 22.7 Å². The molecule has 0 saturated heterocycles. The van der Waals surface area contributed by atoms with Gasteiger partial charge in [-0.15, -0.1) is 0 Å². The average molecular weight is 668 g/mol. The summed E-state index contributed by atoms with van der Waals surface area (Å²) < 4.78 is 33.4. The Balaban J connectivity index is 1.43. The van der Waals surface area contributed by atoms with Crippen molar-refractivity contribution in [1.29, 1.82) is 0 Å². The lowest BCUT2D eigenvalue weighted by atomic mass is 9.94. The lowest BCUT2D eigenvalue weighted by Crippen LogP contribution is -2.55. The molecule has 4 aromatic rings. The molecule has 1 aliphatic carbocycles. The quantitative estimate of drug-likeness (QED) is 0.167. The van der Waals surface area contributed by atoms with E-state index in [0.717, 1.165) is 64.9 Å². The van der Waals surface area contributed by atoms with Gasteiger partial charge in [-0.05, 0) is 60.7 Å². The van der Waals surface area contributed by atoms with Gasteiger partial charge in [0.05, 0.1) is 11.9 Å². The maximum Gasteiger partial charge on any atom is 0.244 e. The number of sulfonamides is 1. The summed E-state index contributed by atoms with van der Waals surface area (Å²) in [6, 6.07) is 33.1. The molecule has 9 heteroatoms. The van der Waals surface area contributed by atoms with Gasteiger partial charge in [0.2, 0.25) is 21.8 Å². The van der Waals surface area contributed by atoms with Crippen LogP contribution < -0.4 is 14.4 Å². The van der Waals surface area contributed by atoms with Gasteiger partial charge in [-0.1, -0.05) is 110 Å². The van der Waals surface area contributed by atoms with Crippen LogP contribution in [0, 0.1) is 6.92 Å². The maximum atomic E-state index is 14.4. The first-order chi connectivity index (χ1) is 23.2. The highest BCUT2D eigenvalue weighted by molar-refractivity contribution is 7.92. The fraction of sp³-hybridized carbons (Fsp3) is 0.333. The summed E-state index contributed by atoms with van der Waals surface area (Å²) in [7, 11) is -3.88. The smallest absolute Gasteiger partial charge is 0.244 e. The minimum Gasteiger partial charge on any atom is -0.489 e. The van der Waals surface area contributed by atoms with E-state index in [1.807, 2.05) is 91.9 Å². The molecule has 0 heterocycles. The molecule has 2 amide bonds.